The standard InChI is InChI=1S/C30H26N4/c31-24-10-16-27(17-11-24)33-26-14-6-22(7-15-26)23-8-18-29(19-9-23)34(28-4-2-1-3-5-28)30-20-12-25(32)13-21-30/h1-21,33H,31-32H2. The van der Waals surface area contributed by atoms with Gasteiger partial charge in [0.1, 0.15) is 0 Å². The second-order valence-electron chi connectivity index (χ2n) is 8.13. The Hall–Kier alpha value is -4.70. The number of anilines is 7. The third kappa shape index (κ3) is 4.71. The molecule has 0 radical (unpaired) electrons. The highest BCUT2D eigenvalue weighted by molar-refractivity contribution is 5.79. The number of nitrogen functional groups attached to an aromatic ring is 2. The Kier molecular flexibility index (Phi) is 5.87. The average Bonchev–Trinajstić information content (AvgIpc) is 2.88. The summed E-state index contributed by atoms with van der Waals surface area (Å²) in [5.74, 6) is 0. The summed E-state index contributed by atoms with van der Waals surface area (Å²) in [6.07, 6.45) is 0. The summed E-state index contributed by atoms with van der Waals surface area (Å²) in [4.78, 5) is 2.23. The number of rotatable bonds is 6. The molecule has 5 aromatic rings. The van der Waals surface area contributed by atoms with Crippen LogP contribution in [0.2, 0.25) is 0 Å². The maximum atomic E-state index is 5.92. The zero-order valence-corrected chi connectivity index (χ0v) is 18.7. The molecule has 5 aromatic carbocycles. The van der Waals surface area contributed by atoms with Crippen molar-refractivity contribution in [3.05, 3.63) is 127 Å². The normalized spacial score (nSPS) is 10.6. The van der Waals surface area contributed by atoms with Crippen molar-refractivity contribution in [1.29, 1.82) is 0 Å². The Labute approximate surface area is 200 Å². The Morgan fingerprint density at radius 1 is 0.412 bits per heavy atom. The first kappa shape index (κ1) is 21.2. The number of hydrogen-bond acceptors (Lipinski definition) is 4. The van der Waals surface area contributed by atoms with E-state index in [1.165, 1.54) is 0 Å². The largest absolute Gasteiger partial charge is 0.399 e. The van der Waals surface area contributed by atoms with Crippen molar-refractivity contribution in [2.45, 2.75) is 0 Å². The summed E-state index contributed by atoms with van der Waals surface area (Å²) in [7, 11) is 0. The van der Waals surface area contributed by atoms with E-state index in [4.69, 9.17) is 11.5 Å². The van der Waals surface area contributed by atoms with Gasteiger partial charge in [-0.25, -0.2) is 0 Å². The molecule has 0 aliphatic carbocycles. The number of nitrogens with one attached hydrogen (secondary N) is 1. The molecule has 0 saturated carbocycles. The van der Waals surface area contributed by atoms with Crippen molar-refractivity contribution < 1.29 is 0 Å². The van der Waals surface area contributed by atoms with Crippen molar-refractivity contribution in [1.82, 2.24) is 0 Å². The van der Waals surface area contributed by atoms with E-state index in [0.717, 1.165) is 50.9 Å². The van der Waals surface area contributed by atoms with Gasteiger partial charge in [-0.3, -0.25) is 0 Å². The van der Waals surface area contributed by atoms with Crippen LogP contribution in [0.1, 0.15) is 0 Å². The molecule has 0 amide bonds. The van der Waals surface area contributed by atoms with Crippen molar-refractivity contribution in [3.63, 3.8) is 0 Å². The fourth-order valence-corrected chi connectivity index (χ4v) is 3.93. The van der Waals surface area contributed by atoms with E-state index in [9.17, 15) is 0 Å². The lowest BCUT2D eigenvalue weighted by Gasteiger charge is -2.25. The second-order valence-corrected chi connectivity index (χ2v) is 8.13. The van der Waals surface area contributed by atoms with Gasteiger partial charge in [0.2, 0.25) is 0 Å². The third-order valence-electron chi connectivity index (χ3n) is 5.71. The molecule has 4 heteroatoms. The Morgan fingerprint density at radius 3 is 1.32 bits per heavy atom. The molecule has 0 unspecified atom stereocenters. The van der Waals surface area contributed by atoms with Crippen LogP contribution >= 0.6 is 0 Å². The number of para-hydroxylation sites is 1. The van der Waals surface area contributed by atoms with Gasteiger partial charge in [-0.1, -0.05) is 42.5 Å². The summed E-state index contributed by atoms with van der Waals surface area (Å²) in [6.45, 7) is 0. The Balaban J connectivity index is 1.39. The van der Waals surface area contributed by atoms with Crippen LogP contribution in [0.25, 0.3) is 11.1 Å². The van der Waals surface area contributed by atoms with Gasteiger partial charge in [-0.2, -0.15) is 0 Å². The van der Waals surface area contributed by atoms with Gasteiger partial charge in [0, 0.05) is 39.8 Å². The molecule has 0 aliphatic heterocycles. The predicted octanol–water partition coefficient (Wildman–Crippen LogP) is 7.73. The Morgan fingerprint density at radius 2 is 0.794 bits per heavy atom. The molecular weight excluding hydrogens is 416 g/mol. The molecular formula is C30H26N4. The molecule has 0 atom stereocenters. The van der Waals surface area contributed by atoms with E-state index < -0.39 is 0 Å². The third-order valence-corrected chi connectivity index (χ3v) is 5.71. The van der Waals surface area contributed by atoms with Crippen molar-refractivity contribution in [2.24, 2.45) is 0 Å². The smallest absolute Gasteiger partial charge is 0.0463 e. The van der Waals surface area contributed by atoms with E-state index in [-0.39, 0.29) is 0 Å². The van der Waals surface area contributed by atoms with Crippen LogP contribution in [-0.4, -0.2) is 0 Å². The predicted molar refractivity (Wildman–Crippen MR) is 145 cm³/mol. The number of benzene rings is 5. The number of nitrogens with two attached hydrogens (primary N) is 2. The van der Waals surface area contributed by atoms with Gasteiger partial charge in [0.15, 0.2) is 0 Å². The topological polar surface area (TPSA) is 67.3 Å². The minimum Gasteiger partial charge on any atom is -0.399 e. The molecule has 34 heavy (non-hydrogen) atoms. The zero-order chi connectivity index (χ0) is 23.3. The highest BCUT2D eigenvalue weighted by Crippen LogP contribution is 2.35. The van der Waals surface area contributed by atoms with Crippen molar-refractivity contribution in [2.75, 3.05) is 21.7 Å². The molecule has 0 aromatic heterocycles. The molecule has 0 saturated heterocycles. The van der Waals surface area contributed by atoms with Gasteiger partial charge in [-0.15, -0.1) is 0 Å². The average molecular weight is 443 g/mol. The summed E-state index contributed by atoms with van der Waals surface area (Å²) in [5, 5.41) is 3.40. The van der Waals surface area contributed by atoms with Gasteiger partial charge in [0.25, 0.3) is 0 Å². The summed E-state index contributed by atoms with van der Waals surface area (Å²) >= 11 is 0. The van der Waals surface area contributed by atoms with Crippen LogP contribution in [0.15, 0.2) is 127 Å². The Bertz CT molecular complexity index is 1340. The van der Waals surface area contributed by atoms with Crippen LogP contribution in [-0.2, 0) is 0 Å². The summed E-state index contributed by atoms with van der Waals surface area (Å²) < 4.78 is 0. The highest BCUT2D eigenvalue weighted by atomic mass is 15.1. The first-order valence-corrected chi connectivity index (χ1v) is 11.2. The van der Waals surface area contributed by atoms with E-state index in [1.54, 1.807) is 0 Å². The molecule has 166 valence electrons. The highest BCUT2D eigenvalue weighted by Gasteiger charge is 2.12. The maximum absolute atomic E-state index is 5.92. The lowest BCUT2D eigenvalue weighted by molar-refractivity contribution is 1.28. The van der Waals surface area contributed by atoms with Crippen molar-refractivity contribution >= 4 is 39.8 Å². The van der Waals surface area contributed by atoms with Crippen LogP contribution in [0.4, 0.5) is 39.8 Å². The lowest BCUT2D eigenvalue weighted by Crippen LogP contribution is -2.09. The first-order valence-electron chi connectivity index (χ1n) is 11.2. The molecule has 0 spiro atoms. The molecule has 0 heterocycles. The molecule has 0 bridgehead atoms. The van der Waals surface area contributed by atoms with Gasteiger partial charge in [-0.05, 0) is 96.1 Å². The van der Waals surface area contributed by atoms with Crippen LogP contribution < -0.4 is 21.7 Å². The lowest BCUT2D eigenvalue weighted by atomic mass is 10.0. The first-order chi connectivity index (χ1) is 16.7. The number of nitrogens with zero attached hydrogens (tertiary/aromatic N) is 1. The van der Waals surface area contributed by atoms with Gasteiger partial charge >= 0.3 is 0 Å². The quantitative estimate of drug-likeness (QED) is 0.235. The fourth-order valence-electron chi connectivity index (χ4n) is 3.93. The minimum absolute atomic E-state index is 0.751. The number of hydrogen-bond donors (Lipinski definition) is 3. The van der Waals surface area contributed by atoms with Crippen LogP contribution in [0.5, 0.6) is 0 Å². The van der Waals surface area contributed by atoms with Crippen molar-refractivity contribution in [3.8, 4) is 11.1 Å². The molecule has 5 rings (SSSR count). The molecule has 0 fully saturated rings. The van der Waals surface area contributed by atoms with Crippen LogP contribution in [0.3, 0.4) is 0 Å². The maximum Gasteiger partial charge on any atom is 0.0463 e. The zero-order valence-electron chi connectivity index (χ0n) is 18.7. The SMILES string of the molecule is Nc1ccc(Nc2ccc(-c3ccc(N(c4ccccc4)c4ccc(N)cc4)cc3)cc2)cc1. The second kappa shape index (κ2) is 9.43. The van der Waals surface area contributed by atoms with E-state index in [2.05, 4.69) is 70.9 Å². The summed E-state index contributed by atoms with van der Waals surface area (Å²) in [6, 6.07) is 43.1. The minimum atomic E-state index is 0.751. The van der Waals surface area contributed by atoms with Gasteiger partial charge in [0.05, 0.1) is 0 Å². The van der Waals surface area contributed by atoms with Crippen LogP contribution in [0, 0.1) is 0 Å². The summed E-state index contributed by atoms with van der Waals surface area (Å²) in [5.41, 5.74) is 20.8. The van der Waals surface area contributed by atoms with E-state index in [1.807, 2.05) is 66.7 Å². The van der Waals surface area contributed by atoms with E-state index in [0.29, 0.717) is 0 Å². The fraction of sp³-hybridized carbons (Fsp3) is 0. The van der Waals surface area contributed by atoms with E-state index >= 15 is 0 Å². The molecule has 5 N–H and O–H groups in total. The molecule has 4 nitrogen and oxygen atoms in total. The van der Waals surface area contributed by atoms with Gasteiger partial charge < -0.3 is 21.7 Å². The monoisotopic (exact) mass is 442 g/mol. The molecule has 0 aliphatic rings.